The van der Waals surface area contributed by atoms with Gasteiger partial charge < -0.3 is 10.5 Å². The van der Waals surface area contributed by atoms with Crippen LogP contribution in [0.3, 0.4) is 0 Å². The van der Waals surface area contributed by atoms with Crippen molar-refractivity contribution >= 4 is 16.8 Å². The van der Waals surface area contributed by atoms with Crippen LogP contribution in [0.25, 0.3) is 0 Å². The molecule has 19 heavy (non-hydrogen) atoms. The van der Waals surface area contributed by atoms with Gasteiger partial charge in [0.2, 0.25) is 0 Å². The molecular formula is C9H6ClF5N2O2. The molecule has 1 aromatic rings. The Labute approximate surface area is 108 Å². The highest BCUT2D eigenvalue weighted by Crippen LogP contribution is 2.33. The average Bonchev–Trinajstić information content (AvgIpc) is 2.25. The van der Waals surface area contributed by atoms with Gasteiger partial charge in [-0.25, -0.2) is 13.8 Å². The fourth-order valence-electron chi connectivity index (χ4n) is 1.24. The van der Waals surface area contributed by atoms with Gasteiger partial charge in [-0.15, -0.1) is 13.2 Å². The van der Waals surface area contributed by atoms with Crippen molar-refractivity contribution in [2.24, 2.45) is 5.73 Å². The monoisotopic (exact) mass is 304 g/mol. The molecule has 10 heteroatoms. The summed E-state index contributed by atoms with van der Waals surface area (Å²) in [6, 6.07) is 0.567. The van der Waals surface area contributed by atoms with Gasteiger partial charge in [-0.05, 0) is 17.7 Å². The maximum absolute atomic E-state index is 12.6. The first-order valence-electron chi connectivity index (χ1n) is 4.63. The lowest BCUT2D eigenvalue weighted by Crippen LogP contribution is -2.20. The Hall–Kier alpha value is -1.48. The number of hydrogen-bond acceptors (Lipinski definition) is 4. The molecule has 0 fully saturated rings. The third-order valence-corrected chi connectivity index (χ3v) is 2.11. The molecule has 0 aromatic carbocycles. The highest BCUT2D eigenvalue weighted by Gasteiger charge is 2.34. The van der Waals surface area contributed by atoms with Crippen LogP contribution in [-0.2, 0) is 6.54 Å². The summed E-state index contributed by atoms with van der Waals surface area (Å²) >= 11 is 5.08. The van der Waals surface area contributed by atoms with Crippen molar-refractivity contribution in [1.82, 2.24) is 4.98 Å². The van der Waals surface area contributed by atoms with Crippen molar-refractivity contribution < 1.29 is 31.5 Å². The molecule has 0 radical (unpaired) electrons. The molecule has 0 amide bonds. The Balaban J connectivity index is 3.40. The van der Waals surface area contributed by atoms with Crippen molar-refractivity contribution in [3.8, 4) is 5.75 Å². The number of carbonyl (C=O) groups excluding carboxylic acids is 1. The first-order valence-corrected chi connectivity index (χ1v) is 5.01. The number of alkyl halides is 5. The second kappa shape index (κ2) is 5.66. The van der Waals surface area contributed by atoms with Gasteiger partial charge in [0, 0.05) is 12.1 Å². The van der Waals surface area contributed by atoms with Crippen LogP contribution in [0.15, 0.2) is 6.07 Å². The molecule has 1 heterocycles. The Bertz CT molecular complexity index is 492. The van der Waals surface area contributed by atoms with Crippen LogP contribution in [0.2, 0.25) is 0 Å². The van der Waals surface area contributed by atoms with Gasteiger partial charge >= 0.3 is 6.36 Å². The van der Waals surface area contributed by atoms with Crippen LogP contribution < -0.4 is 10.5 Å². The van der Waals surface area contributed by atoms with E-state index in [0.29, 0.717) is 6.07 Å². The molecule has 0 unspecified atom stereocenters. The van der Waals surface area contributed by atoms with E-state index < -0.39 is 41.7 Å². The zero-order chi connectivity index (χ0) is 14.8. The number of halogens is 6. The van der Waals surface area contributed by atoms with Crippen molar-refractivity contribution in [2.75, 3.05) is 0 Å². The molecule has 1 rings (SSSR count). The van der Waals surface area contributed by atoms with Crippen molar-refractivity contribution in [3.05, 3.63) is 23.0 Å². The summed E-state index contributed by atoms with van der Waals surface area (Å²) < 4.78 is 64.8. The van der Waals surface area contributed by atoms with Gasteiger partial charge in [-0.2, -0.15) is 0 Å². The van der Waals surface area contributed by atoms with Crippen LogP contribution in [0.5, 0.6) is 5.75 Å². The maximum Gasteiger partial charge on any atom is 0.573 e. The van der Waals surface area contributed by atoms with Gasteiger partial charge in [0.25, 0.3) is 11.7 Å². The second-order valence-corrected chi connectivity index (χ2v) is 3.55. The number of nitrogens with zero attached hydrogens (tertiary/aromatic N) is 1. The van der Waals surface area contributed by atoms with Crippen LogP contribution >= 0.6 is 11.6 Å². The Morgan fingerprint density at radius 2 is 2.05 bits per heavy atom. The summed E-state index contributed by atoms with van der Waals surface area (Å²) in [6.45, 7) is -0.418. The van der Waals surface area contributed by atoms with Crippen molar-refractivity contribution in [2.45, 2.75) is 19.3 Å². The van der Waals surface area contributed by atoms with Gasteiger partial charge in [0.05, 0.1) is 0 Å². The zero-order valence-corrected chi connectivity index (χ0v) is 9.73. The number of rotatable bonds is 4. The maximum atomic E-state index is 12.6. The largest absolute Gasteiger partial charge is 0.573 e. The lowest BCUT2D eigenvalue weighted by Gasteiger charge is -2.14. The molecule has 2 N–H and O–H groups in total. The quantitative estimate of drug-likeness (QED) is 0.686. The molecule has 0 aliphatic heterocycles. The van der Waals surface area contributed by atoms with Crippen LogP contribution in [0.4, 0.5) is 22.0 Å². The second-order valence-electron chi connectivity index (χ2n) is 3.21. The molecule has 1 aromatic heterocycles. The third-order valence-electron chi connectivity index (χ3n) is 1.93. The highest BCUT2D eigenvalue weighted by atomic mass is 35.5. The minimum Gasteiger partial charge on any atom is -0.404 e. The number of pyridine rings is 1. The zero-order valence-electron chi connectivity index (χ0n) is 8.97. The van der Waals surface area contributed by atoms with Gasteiger partial charge in [-0.3, -0.25) is 4.79 Å². The number of hydrogen-bond donors (Lipinski definition) is 1. The standard InChI is InChI=1S/C9H6ClF5N2O2/c10-7(18)5-3(2-16)1-4(19-9(13,14)15)6(17-5)8(11)12/h1,8H,2,16H2. The molecule has 0 spiro atoms. The SMILES string of the molecule is NCc1cc(OC(F)(F)F)c(C(F)F)nc1C(=O)Cl. The topological polar surface area (TPSA) is 65.2 Å². The van der Waals surface area contributed by atoms with Gasteiger partial charge in [-0.1, -0.05) is 0 Å². The number of nitrogens with two attached hydrogens (primary N) is 1. The van der Waals surface area contributed by atoms with Crippen LogP contribution in [0, 0.1) is 0 Å². The lowest BCUT2D eigenvalue weighted by atomic mass is 10.1. The van der Waals surface area contributed by atoms with E-state index in [1.807, 2.05) is 0 Å². The Morgan fingerprint density at radius 1 is 1.47 bits per heavy atom. The van der Waals surface area contributed by atoms with Gasteiger partial charge in [0.1, 0.15) is 11.4 Å². The summed E-state index contributed by atoms with van der Waals surface area (Å²) in [5, 5.41) is -1.21. The molecule has 0 atom stereocenters. The number of carbonyl (C=O) groups is 1. The lowest BCUT2D eigenvalue weighted by molar-refractivity contribution is -0.275. The molecular weight excluding hydrogens is 299 g/mol. The first kappa shape index (κ1) is 15.6. The average molecular weight is 305 g/mol. The molecule has 0 saturated carbocycles. The highest BCUT2D eigenvalue weighted by molar-refractivity contribution is 6.67. The summed E-state index contributed by atoms with van der Waals surface area (Å²) in [6.07, 6.45) is -8.55. The van der Waals surface area contributed by atoms with Crippen LogP contribution in [-0.4, -0.2) is 16.6 Å². The fourth-order valence-corrected chi connectivity index (χ4v) is 1.40. The summed E-state index contributed by atoms with van der Waals surface area (Å²) in [7, 11) is 0. The van der Waals surface area contributed by atoms with E-state index in [0.717, 1.165) is 0 Å². The smallest absolute Gasteiger partial charge is 0.404 e. The Kier molecular flexibility index (Phi) is 4.64. The Morgan fingerprint density at radius 3 is 2.42 bits per heavy atom. The predicted molar refractivity (Wildman–Crippen MR) is 54.0 cm³/mol. The summed E-state index contributed by atoms with van der Waals surface area (Å²) in [4.78, 5) is 14.0. The molecule has 0 aliphatic rings. The minimum atomic E-state index is -5.18. The van der Waals surface area contributed by atoms with E-state index in [1.54, 1.807) is 0 Å². The molecule has 4 nitrogen and oxygen atoms in total. The van der Waals surface area contributed by atoms with E-state index in [2.05, 4.69) is 9.72 Å². The molecule has 0 bridgehead atoms. The number of aromatic nitrogens is 1. The molecule has 0 aliphatic carbocycles. The van der Waals surface area contributed by atoms with Crippen molar-refractivity contribution in [1.29, 1.82) is 0 Å². The fraction of sp³-hybridized carbons (Fsp3) is 0.333. The summed E-state index contributed by atoms with van der Waals surface area (Å²) in [5.74, 6) is -1.22. The number of ether oxygens (including phenoxy) is 1. The van der Waals surface area contributed by atoms with E-state index in [9.17, 15) is 26.7 Å². The predicted octanol–water partition coefficient (Wildman–Crippen LogP) is 2.76. The third kappa shape index (κ3) is 4.00. The van der Waals surface area contributed by atoms with E-state index in [-0.39, 0.29) is 5.56 Å². The van der Waals surface area contributed by atoms with Crippen molar-refractivity contribution in [3.63, 3.8) is 0 Å². The summed E-state index contributed by atoms with van der Waals surface area (Å²) in [5.41, 5.74) is 2.97. The minimum absolute atomic E-state index is 0.233. The van der Waals surface area contributed by atoms with E-state index >= 15 is 0 Å². The molecule has 0 saturated heterocycles. The normalized spacial score (nSPS) is 11.8. The van der Waals surface area contributed by atoms with Gasteiger partial charge in [0.15, 0.2) is 5.75 Å². The molecule has 106 valence electrons. The van der Waals surface area contributed by atoms with E-state index in [1.165, 1.54) is 0 Å². The first-order chi connectivity index (χ1) is 8.65. The van der Waals surface area contributed by atoms with E-state index in [4.69, 9.17) is 17.3 Å². The van der Waals surface area contributed by atoms with Crippen LogP contribution in [0.1, 0.15) is 28.2 Å².